The molecule has 1 aliphatic carbocycles. The summed E-state index contributed by atoms with van der Waals surface area (Å²) in [5.41, 5.74) is 6.67. The number of aryl methyl sites for hydroxylation is 1. The Bertz CT molecular complexity index is 937. The van der Waals surface area contributed by atoms with Crippen molar-refractivity contribution >= 4 is 16.6 Å². The predicted molar refractivity (Wildman–Crippen MR) is 98.2 cm³/mol. The maximum Gasteiger partial charge on any atom is 0.0821 e. The van der Waals surface area contributed by atoms with Crippen LogP contribution >= 0.6 is 0 Å². The molecule has 1 aliphatic heterocycles. The lowest BCUT2D eigenvalue weighted by Crippen LogP contribution is -2.23. The molecule has 1 aromatic heterocycles. The monoisotopic (exact) mass is 315 g/mol. The molecular weight excluding hydrogens is 294 g/mol. The maximum absolute atomic E-state index is 4.99. The lowest BCUT2D eigenvalue weighted by Gasteiger charge is -2.24. The van der Waals surface area contributed by atoms with E-state index in [0.717, 1.165) is 6.42 Å². The summed E-state index contributed by atoms with van der Waals surface area (Å²) in [6.07, 6.45) is 5.77. The van der Waals surface area contributed by atoms with E-state index in [1.54, 1.807) is 0 Å². The number of nitrogens with zero attached hydrogens (tertiary/aromatic N) is 2. The van der Waals surface area contributed by atoms with E-state index in [9.17, 15) is 0 Å². The van der Waals surface area contributed by atoms with Crippen LogP contribution in [0.2, 0.25) is 0 Å². The fraction of sp³-hybridized carbons (Fsp3) is 0.286. The van der Waals surface area contributed by atoms with E-state index in [-0.39, 0.29) is 0 Å². The fourth-order valence-corrected chi connectivity index (χ4v) is 4.52. The average Bonchev–Trinajstić information content (AvgIpc) is 3.11. The minimum Gasteiger partial charge on any atom is -0.361 e. The molecule has 2 atom stereocenters. The van der Waals surface area contributed by atoms with E-state index in [4.69, 9.17) is 5.10 Å². The van der Waals surface area contributed by atoms with Crippen LogP contribution in [-0.2, 0) is 6.42 Å². The van der Waals surface area contributed by atoms with Gasteiger partial charge in [-0.3, -0.25) is 5.01 Å². The first kappa shape index (κ1) is 13.8. The van der Waals surface area contributed by atoms with Gasteiger partial charge in [-0.25, -0.2) is 0 Å². The summed E-state index contributed by atoms with van der Waals surface area (Å²) in [6, 6.07) is 17.7. The standard InChI is InChI=1S/C21H21N3/c1-24-21(18-13-22-19-12-5-4-10-16(18)19)17-11-6-8-14-7-2-3-9-15(14)20(17)23-24/h2-5,7,9-10,12-13,17,21-22H,6,8,11H2,1H3. The molecule has 3 nitrogen and oxygen atoms in total. The Morgan fingerprint density at radius 3 is 2.88 bits per heavy atom. The smallest absolute Gasteiger partial charge is 0.0821 e. The molecule has 0 spiro atoms. The molecule has 0 amide bonds. The third-order valence-electron chi connectivity index (χ3n) is 5.59. The molecule has 24 heavy (non-hydrogen) atoms. The number of rotatable bonds is 1. The number of aromatic nitrogens is 1. The number of para-hydroxylation sites is 1. The average molecular weight is 315 g/mol. The topological polar surface area (TPSA) is 31.4 Å². The Hall–Kier alpha value is -2.55. The highest BCUT2D eigenvalue weighted by Gasteiger charge is 2.39. The van der Waals surface area contributed by atoms with Gasteiger partial charge >= 0.3 is 0 Å². The van der Waals surface area contributed by atoms with Gasteiger partial charge in [0.05, 0.1) is 11.8 Å². The zero-order valence-electron chi connectivity index (χ0n) is 13.9. The minimum atomic E-state index is 0.322. The molecule has 3 aromatic rings. The summed E-state index contributed by atoms with van der Waals surface area (Å²) in [5.74, 6) is 0.470. The number of aromatic amines is 1. The molecule has 120 valence electrons. The first-order valence-electron chi connectivity index (χ1n) is 8.78. The Morgan fingerprint density at radius 1 is 1.08 bits per heavy atom. The van der Waals surface area contributed by atoms with Gasteiger partial charge in [0.1, 0.15) is 0 Å². The highest BCUT2D eigenvalue weighted by atomic mass is 15.5. The summed E-state index contributed by atoms with van der Waals surface area (Å²) in [5, 5.41) is 8.49. The fourth-order valence-electron chi connectivity index (χ4n) is 4.52. The maximum atomic E-state index is 4.99. The summed E-state index contributed by atoms with van der Waals surface area (Å²) in [6.45, 7) is 0. The van der Waals surface area contributed by atoms with Gasteiger partial charge in [0.25, 0.3) is 0 Å². The number of hydrogen-bond donors (Lipinski definition) is 1. The zero-order chi connectivity index (χ0) is 16.1. The number of fused-ring (bicyclic) bond motifs is 4. The van der Waals surface area contributed by atoms with Crippen LogP contribution in [0.3, 0.4) is 0 Å². The third-order valence-corrected chi connectivity index (χ3v) is 5.59. The SMILES string of the molecule is CN1N=C2c3ccccc3CCCC2C1c1c[nH]c2ccccc12. The Morgan fingerprint density at radius 2 is 1.92 bits per heavy atom. The number of H-pyrrole nitrogens is 1. The number of hydrogen-bond acceptors (Lipinski definition) is 2. The van der Waals surface area contributed by atoms with Crippen molar-refractivity contribution in [2.24, 2.45) is 11.0 Å². The zero-order valence-corrected chi connectivity index (χ0v) is 13.9. The Labute approximate surface area is 142 Å². The van der Waals surface area contributed by atoms with Gasteiger partial charge in [0.15, 0.2) is 0 Å². The molecule has 2 unspecified atom stereocenters. The molecule has 0 saturated carbocycles. The molecule has 0 bridgehead atoms. The molecule has 2 heterocycles. The van der Waals surface area contributed by atoms with Crippen molar-refractivity contribution in [1.82, 2.24) is 9.99 Å². The number of hydrazone groups is 1. The van der Waals surface area contributed by atoms with E-state index in [0.29, 0.717) is 12.0 Å². The highest BCUT2D eigenvalue weighted by Crippen LogP contribution is 2.43. The van der Waals surface area contributed by atoms with Crippen molar-refractivity contribution in [3.8, 4) is 0 Å². The quantitative estimate of drug-likeness (QED) is 0.704. The van der Waals surface area contributed by atoms with Crippen molar-refractivity contribution < 1.29 is 0 Å². The molecule has 0 saturated heterocycles. The second-order valence-electron chi connectivity index (χ2n) is 6.95. The van der Waals surface area contributed by atoms with Gasteiger partial charge in [-0.05, 0) is 30.9 Å². The van der Waals surface area contributed by atoms with Crippen LogP contribution < -0.4 is 0 Å². The molecule has 0 radical (unpaired) electrons. The summed E-state index contributed by atoms with van der Waals surface area (Å²) >= 11 is 0. The van der Waals surface area contributed by atoms with Gasteiger partial charge < -0.3 is 4.98 Å². The summed E-state index contributed by atoms with van der Waals surface area (Å²) in [4.78, 5) is 3.44. The summed E-state index contributed by atoms with van der Waals surface area (Å²) in [7, 11) is 2.12. The van der Waals surface area contributed by atoms with E-state index < -0.39 is 0 Å². The van der Waals surface area contributed by atoms with Crippen LogP contribution in [0.1, 0.15) is 35.6 Å². The third kappa shape index (κ3) is 1.94. The second kappa shape index (κ2) is 5.23. The van der Waals surface area contributed by atoms with Crippen LogP contribution in [0, 0.1) is 5.92 Å². The van der Waals surface area contributed by atoms with Crippen LogP contribution in [-0.4, -0.2) is 22.8 Å². The van der Waals surface area contributed by atoms with Crippen molar-refractivity contribution in [2.45, 2.75) is 25.3 Å². The van der Waals surface area contributed by atoms with E-state index in [2.05, 4.69) is 71.8 Å². The van der Waals surface area contributed by atoms with Crippen molar-refractivity contribution in [1.29, 1.82) is 0 Å². The largest absolute Gasteiger partial charge is 0.361 e. The molecular formula is C21H21N3. The highest BCUT2D eigenvalue weighted by molar-refractivity contribution is 6.05. The lowest BCUT2D eigenvalue weighted by atomic mass is 9.85. The van der Waals surface area contributed by atoms with Crippen LogP contribution in [0.15, 0.2) is 59.8 Å². The molecule has 0 fully saturated rings. The van der Waals surface area contributed by atoms with Crippen LogP contribution in [0.5, 0.6) is 0 Å². The van der Waals surface area contributed by atoms with Crippen LogP contribution in [0.4, 0.5) is 0 Å². The predicted octanol–water partition coefficient (Wildman–Crippen LogP) is 4.51. The van der Waals surface area contributed by atoms with Gasteiger partial charge in [-0.15, -0.1) is 0 Å². The Balaban J connectivity index is 1.63. The summed E-state index contributed by atoms with van der Waals surface area (Å²) < 4.78 is 0. The van der Waals surface area contributed by atoms with Gasteiger partial charge in [0.2, 0.25) is 0 Å². The number of benzene rings is 2. The van der Waals surface area contributed by atoms with E-state index in [1.807, 2.05) is 0 Å². The van der Waals surface area contributed by atoms with Gasteiger partial charge in [-0.1, -0.05) is 42.5 Å². The second-order valence-corrected chi connectivity index (χ2v) is 6.95. The Kier molecular flexibility index (Phi) is 3.02. The number of nitrogens with one attached hydrogen (secondary N) is 1. The molecule has 3 heteroatoms. The molecule has 1 N–H and O–H groups in total. The minimum absolute atomic E-state index is 0.322. The van der Waals surface area contributed by atoms with Gasteiger partial charge in [-0.2, -0.15) is 5.10 Å². The van der Waals surface area contributed by atoms with Gasteiger partial charge in [0, 0.05) is 41.2 Å². The van der Waals surface area contributed by atoms with Crippen molar-refractivity contribution in [3.63, 3.8) is 0 Å². The first-order valence-corrected chi connectivity index (χ1v) is 8.78. The normalized spacial score (nSPS) is 22.9. The lowest BCUT2D eigenvalue weighted by molar-refractivity contribution is 0.244. The van der Waals surface area contributed by atoms with Crippen LogP contribution in [0.25, 0.3) is 10.9 Å². The van der Waals surface area contributed by atoms with Crippen molar-refractivity contribution in [2.75, 3.05) is 7.05 Å². The molecule has 5 rings (SSSR count). The van der Waals surface area contributed by atoms with E-state index >= 15 is 0 Å². The molecule has 2 aliphatic rings. The van der Waals surface area contributed by atoms with Crippen molar-refractivity contribution in [3.05, 3.63) is 71.4 Å². The first-order chi connectivity index (χ1) is 11.8. The molecule has 2 aromatic carbocycles. The van der Waals surface area contributed by atoms with E-state index in [1.165, 1.54) is 46.1 Å².